The molecule has 66 valence electrons. The minimum absolute atomic E-state index is 0.134. The Hall–Kier alpha value is -0.110. The van der Waals surface area contributed by atoms with Crippen LogP contribution in [-0.2, 0) is 0 Å². The Labute approximate surface area is 68.2 Å². The number of alkyl halides is 1. The van der Waals surface area contributed by atoms with Crippen LogP contribution < -0.4 is 5.73 Å². The van der Waals surface area contributed by atoms with Gasteiger partial charge in [-0.1, -0.05) is 19.3 Å². The number of halogens is 1. The Morgan fingerprint density at radius 1 is 1.18 bits per heavy atom. The zero-order valence-electron chi connectivity index (χ0n) is 7.06. The molecule has 0 amide bonds. The average molecular weight is 159 g/mol. The van der Waals surface area contributed by atoms with E-state index in [-0.39, 0.29) is 6.67 Å². The highest BCUT2D eigenvalue weighted by atomic mass is 19.1. The molecule has 1 aliphatic rings. The van der Waals surface area contributed by atoms with E-state index >= 15 is 0 Å². The van der Waals surface area contributed by atoms with Crippen LogP contribution in [0.15, 0.2) is 0 Å². The van der Waals surface area contributed by atoms with Gasteiger partial charge in [-0.2, -0.15) is 0 Å². The Balaban J connectivity index is 2.31. The van der Waals surface area contributed by atoms with Gasteiger partial charge in [0.1, 0.15) is 0 Å². The lowest BCUT2D eigenvalue weighted by Crippen LogP contribution is -2.23. The van der Waals surface area contributed by atoms with Crippen LogP contribution in [0.5, 0.6) is 0 Å². The van der Waals surface area contributed by atoms with Crippen LogP contribution in [-0.4, -0.2) is 13.2 Å². The molecule has 1 nitrogen and oxygen atoms in total. The highest BCUT2D eigenvalue weighted by Crippen LogP contribution is 2.32. The van der Waals surface area contributed by atoms with Gasteiger partial charge in [0.05, 0.1) is 6.67 Å². The van der Waals surface area contributed by atoms with Crippen molar-refractivity contribution < 1.29 is 4.39 Å². The maximum atomic E-state index is 12.4. The zero-order chi connectivity index (χ0) is 8.10. The predicted molar refractivity (Wildman–Crippen MR) is 45.1 cm³/mol. The maximum Gasteiger partial charge on any atom is 0.0925 e. The first kappa shape index (κ1) is 8.98. The van der Waals surface area contributed by atoms with Gasteiger partial charge in [0, 0.05) is 0 Å². The van der Waals surface area contributed by atoms with Crippen molar-refractivity contribution in [1.29, 1.82) is 0 Å². The summed E-state index contributed by atoms with van der Waals surface area (Å²) in [5, 5.41) is 0. The van der Waals surface area contributed by atoms with Crippen molar-refractivity contribution >= 4 is 0 Å². The Morgan fingerprint density at radius 3 is 2.36 bits per heavy atom. The van der Waals surface area contributed by atoms with Crippen molar-refractivity contribution in [3.8, 4) is 0 Å². The van der Waals surface area contributed by atoms with Gasteiger partial charge in [-0.3, -0.25) is 4.39 Å². The second-order valence-electron chi connectivity index (χ2n) is 3.54. The first-order valence-electron chi connectivity index (χ1n) is 4.64. The van der Waals surface area contributed by atoms with Gasteiger partial charge >= 0.3 is 0 Å². The molecule has 0 aromatic heterocycles. The molecule has 11 heavy (non-hydrogen) atoms. The lowest BCUT2D eigenvalue weighted by molar-refractivity contribution is 0.184. The number of nitrogens with two attached hydrogens (primary N) is 1. The van der Waals surface area contributed by atoms with Gasteiger partial charge in [0.2, 0.25) is 0 Å². The fraction of sp³-hybridized carbons (Fsp3) is 1.00. The highest BCUT2D eigenvalue weighted by Gasteiger charge is 2.23. The monoisotopic (exact) mass is 159 g/mol. The summed E-state index contributed by atoms with van der Waals surface area (Å²) < 4.78 is 12.4. The van der Waals surface area contributed by atoms with E-state index in [0.29, 0.717) is 11.8 Å². The molecule has 1 fully saturated rings. The largest absolute Gasteiger partial charge is 0.330 e. The van der Waals surface area contributed by atoms with Crippen LogP contribution in [0.1, 0.15) is 32.1 Å². The van der Waals surface area contributed by atoms with E-state index < -0.39 is 0 Å². The molecular formula is C9H18FN. The molecule has 2 atom stereocenters. The van der Waals surface area contributed by atoms with E-state index in [1.165, 1.54) is 19.3 Å². The van der Waals surface area contributed by atoms with E-state index in [1.54, 1.807) is 0 Å². The van der Waals surface area contributed by atoms with E-state index in [9.17, 15) is 4.39 Å². The normalized spacial score (nSPS) is 32.2. The van der Waals surface area contributed by atoms with Gasteiger partial charge in [-0.05, 0) is 31.2 Å². The number of rotatable bonds is 3. The van der Waals surface area contributed by atoms with Crippen LogP contribution in [0.2, 0.25) is 0 Å². The fourth-order valence-corrected chi connectivity index (χ4v) is 2.08. The fourth-order valence-electron chi connectivity index (χ4n) is 2.08. The summed E-state index contributed by atoms with van der Waals surface area (Å²) in [7, 11) is 0. The zero-order valence-corrected chi connectivity index (χ0v) is 7.06. The van der Waals surface area contributed by atoms with Gasteiger partial charge in [0.25, 0.3) is 0 Å². The highest BCUT2D eigenvalue weighted by molar-refractivity contribution is 4.74. The van der Waals surface area contributed by atoms with Crippen molar-refractivity contribution in [3.05, 3.63) is 0 Å². The molecule has 0 saturated heterocycles. The topological polar surface area (TPSA) is 26.0 Å². The second kappa shape index (κ2) is 4.70. The van der Waals surface area contributed by atoms with Gasteiger partial charge in [-0.25, -0.2) is 0 Å². The van der Waals surface area contributed by atoms with Crippen LogP contribution >= 0.6 is 0 Å². The molecule has 0 bridgehead atoms. The first-order valence-corrected chi connectivity index (χ1v) is 4.64. The third-order valence-electron chi connectivity index (χ3n) is 2.80. The predicted octanol–water partition coefficient (Wildman–Crippen LogP) is 2.11. The number of hydrogen-bond acceptors (Lipinski definition) is 1. The summed E-state index contributed by atoms with van der Waals surface area (Å²) >= 11 is 0. The maximum absolute atomic E-state index is 12.4. The summed E-state index contributed by atoms with van der Waals surface area (Å²) in [4.78, 5) is 0. The lowest BCUT2D eigenvalue weighted by atomic mass is 9.78. The molecule has 1 rings (SSSR count). The molecule has 1 saturated carbocycles. The third kappa shape index (κ3) is 2.44. The molecule has 0 aromatic carbocycles. The van der Waals surface area contributed by atoms with Crippen LogP contribution in [0.3, 0.4) is 0 Å². The minimum atomic E-state index is -0.134. The molecule has 2 unspecified atom stereocenters. The van der Waals surface area contributed by atoms with Crippen molar-refractivity contribution in [3.63, 3.8) is 0 Å². The van der Waals surface area contributed by atoms with Crippen molar-refractivity contribution in [2.75, 3.05) is 13.2 Å². The summed E-state index contributed by atoms with van der Waals surface area (Å²) in [6, 6.07) is 0. The average Bonchev–Trinajstić information content (AvgIpc) is 2.06. The molecule has 0 radical (unpaired) electrons. The molecule has 0 aliphatic heterocycles. The smallest absolute Gasteiger partial charge is 0.0925 e. The van der Waals surface area contributed by atoms with E-state index in [1.807, 2.05) is 0 Å². The van der Waals surface area contributed by atoms with Crippen molar-refractivity contribution in [2.24, 2.45) is 17.6 Å². The van der Waals surface area contributed by atoms with E-state index in [0.717, 1.165) is 19.4 Å². The second-order valence-corrected chi connectivity index (χ2v) is 3.54. The molecule has 2 N–H and O–H groups in total. The standard InChI is InChI=1S/C9H18FN/c10-7-9-4-2-1-3-8(9)5-6-11/h8-9H,1-7,11H2. The van der Waals surface area contributed by atoms with Gasteiger partial charge in [-0.15, -0.1) is 0 Å². The summed E-state index contributed by atoms with van der Waals surface area (Å²) in [6.45, 7) is 0.589. The SMILES string of the molecule is NCCC1CCCCC1CF. The van der Waals surface area contributed by atoms with E-state index in [4.69, 9.17) is 5.73 Å². The number of hydrogen-bond donors (Lipinski definition) is 1. The first-order chi connectivity index (χ1) is 5.38. The third-order valence-corrected chi connectivity index (χ3v) is 2.80. The van der Waals surface area contributed by atoms with Crippen LogP contribution in [0.25, 0.3) is 0 Å². The molecule has 2 heteroatoms. The van der Waals surface area contributed by atoms with Crippen LogP contribution in [0.4, 0.5) is 4.39 Å². The molecule has 0 aromatic rings. The van der Waals surface area contributed by atoms with E-state index in [2.05, 4.69) is 0 Å². The lowest BCUT2D eigenvalue weighted by Gasteiger charge is -2.29. The molecule has 1 aliphatic carbocycles. The summed E-state index contributed by atoms with van der Waals surface area (Å²) in [6.07, 6.45) is 5.80. The van der Waals surface area contributed by atoms with Crippen LogP contribution in [0, 0.1) is 11.8 Å². The summed E-state index contributed by atoms with van der Waals surface area (Å²) in [5.74, 6) is 0.908. The molecule has 0 spiro atoms. The summed E-state index contributed by atoms with van der Waals surface area (Å²) in [5.41, 5.74) is 5.45. The quantitative estimate of drug-likeness (QED) is 0.670. The molecule has 0 heterocycles. The van der Waals surface area contributed by atoms with Gasteiger partial charge < -0.3 is 5.73 Å². The minimum Gasteiger partial charge on any atom is -0.330 e. The Bertz CT molecular complexity index is 104. The van der Waals surface area contributed by atoms with Crippen molar-refractivity contribution in [1.82, 2.24) is 0 Å². The molecular weight excluding hydrogens is 141 g/mol. The Morgan fingerprint density at radius 2 is 1.82 bits per heavy atom. The Kier molecular flexibility index (Phi) is 3.84. The van der Waals surface area contributed by atoms with Crippen molar-refractivity contribution in [2.45, 2.75) is 32.1 Å². The van der Waals surface area contributed by atoms with Gasteiger partial charge in [0.15, 0.2) is 0 Å².